The van der Waals surface area contributed by atoms with E-state index in [2.05, 4.69) is 24.3 Å². The summed E-state index contributed by atoms with van der Waals surface area (Å²) < 4.78 is 17.2. The molecule has 31 heavy (non-hydrogen) atoms. The van der Waals surface area contributed by atoms with Crippen molar-refractivity contribution in [1.29, 1.82) is 0 Å². The van der Waals surface area contributed by atoms with Gasteiger partial charge in [-0.05, 0) is 73.2 Å². The number of rotatable bonds is 8. The summed E-state index contributed by atoms with van der Waals surface area (Å²) in [4.78, 5) is 0. The van der Waals surface area contributed by atoms with Crippen LogP contribution in [0, 0.1) is 0 Å². The topological polar surface area (TPSA) is 47.9 Å². The van der Waals surface area contributed by atoms with Crippen LogP contribution in [0.3, 0.4) is 0 Å². The first-order chi connectivity index (χ1) is 15.1. The van der Waals surface area contributed by atoms with Crippen LogP contribution in [0.1, 0.15) is 42.4 Å². The molecule has 0 spiro atoms. The van der Waals surface area contributed by atoms with Crippen LogP contribution in [0.5, 0.6) is 11.5 Å². The normalized spacial score (nSPS) is 20.9. The van der Waals surface area contributed by atoms with Crippen LogP contribution < -0.4 is 9.47 Å². The van der Waals surface area contributed by atoms with E-state index in [1.54, 1.807) is 7.11 Å². The van der Waals surface area contributed by atoms with Crippen LogP contribution in [0.2, 0.25) is 0 Å². The minimum absolute atomic E-state index is 0.0369. The lowest BCUT2D eigenvalue weighted by Crippen LogP contribution is -2.38. The van der Waals surface area contributed by atoms with E-state index in [4.69, 9.17) is 14.2 Å². The van der Waals surface area contributed by atoms with E-state index >= 15 is 0 Å². The number of hydrogen-bond acceptors (Lipinski definition) is 4. The Bertz CT molecular complexity index is 937. The highest BCUT2D eigenvalue weighted by molar-refractivity contribution is 5.30. The van der Waals surface area contributed by atoms with E-state index in [1.165, 1.54) is 5.56 Å². The van der Waals surface area contributed by atoms with Crippen molar-refractivity contribution in [2.45, 2.75) is 50.6 Å². The van der Waals surface area contributed by atoms with Crippen molar-refractivity contribution in [3.05, 3.63) is 95.6 Å². The SMILES string of the molecule is COc1ccc(C2(O)CCC[C@H](CCc3ccc(OCc4ccccc4)cc3)O2)cc1. The second-order valence-corrected chi connectivity index (χ2v) is 8.10. The van der Waals surface area contributed by atoms with Crippen molar-refractivity contribution in [2.24, 2.45) is 0 Å². The highest BCUT2D eigenvalue weighted by Gasteiger charge is 2.36. The molecule has 1 N–H and O–H groups in total. The lowest BCUT2D eigenvalue weighted by atomic mass is 9.92. The fraction of sp³-hybridized carbons (Fsp3) is 0.333. The molecule has 4 heteroatoms. The van der Waals surface area contributed by atoms with E-state index in [1.807, 2.05) is 54.6 Å². The Labute approximate surface area is 184 Å². The Morgan fingerprint density at radius 2 is 1.61 bits per heavy atom. The van der Waals surface area contributed by atoms with Crippen molar-refractivity contribution in [3.63, 3.8) is 0 Å². The van der Waals surface area contributed by atoms with Gasteiger partial charge in [-0.3, -0.25) is 0 Å². The van der Waals surface area contributed by atoms with E-state index in [0.29, 0.717) is 13.0 Å². The smallest absolute Gasteiger partial charge is 0.192 e. The maximum atomic E-state index is 11.1. The van der Waals surface area contributed by atoms with E-state index in [-0.39, 0.29) is 6.10 Å². The zero-order valence-electron chi connectivity index (χ0n) is 18.0. The van der Waals surface area contributed by atoms with Crippen molar-refractivity contribution in [2.75, 3.05) is 7.11 Å². The van der Waals surface area contributed by atoms with Gasteiger partial charge in [0, 0.05) is 12.0 Å². The first-order valence-corrected chi connectivity index (χ1v) is 10.9. The summed E-state index contributed by atoms with van der Waals surface area (Å²) in [6.07, 6.45) is 4.35. The van der Waals surface area contributed by atoms with Crippen molar-refractivity contribution >= 4 is 0 Å². The fourth-order valence-corrected chi connectivity index (χ4v) is 4.05. The van der Waals surface area contributed by atoms with Gasteiger partial charge in [0.25, 0.3) is 0 Å². The average molecular weight is 419 g/mol. The van der Waals surface area contributed by atoms with Gasteiger partial charge in [0.05, 0.1) is 13.2 Å². The number of hydrogen-bond donors (Lipinski definition) is 1. The summed E-state index contributed by atoms with van der Waals surface area (Å²) in [5, 5.41) is 11.1. The molecule has 4 rings (SSSR count). The predicted octanol–water partition coefficient (Wildman–Crippen LogP) is 5.62. The number of ether oxygens (including phenoxy) is 3. The summed E-state index contributed by atoms with van der Waals surface area (Å²) in [6.45, 7) is 0.569. The van der Waals surface area contributed by atoms with Gasteiger partial charge in [0.1, 0.15) is 18.1 Å². The Hall–Kier alpha value is -2.82. The highest BCUT2D eigenvalue weighted by atomic mass is 16.6. The molecule has 1 fully saturated rings. The van der Waals surface area contributed by atoms with Gasteiger partial charge in [-0.25, -0.2) is 0 Å². The minimum Gasteiger partial charge on any atom is -0.497 e. The van der Waals surface area contributed by atoms with Crippen molar-refractivity contribution in [1.82, 2.24) is 0 Å². The molecule has 3 aromatic rings. The fourth-order valence-electron chi connectivity index (χ4n) is 4.05. The summed E-state index contributed by atoms with van der Waals surface area (Å²) >= 11 is 0. The Balaban J connectivity index is 1.29. The lowest BCUT2D eigenvalue weighted by Gasteiger charge is -2.37. The minimum atomic E-state index is -1.22. The number of benzene rings is 3. The van der Waals surface area contributed by atoms with E-state index in [0.717, 1.165) is 48.3 Å². The maximum absolute atomic E-state index is 11.1. The molecule has 1 heterocycles. The maximum Gasteiger partial charge on any atom is 0.192 e. The summed E-state index contributed by atoms with van der Waals surface area (Å²) in [7, 11) is 1.64. The molecule has 1 aliphatic heterocycles. The molecule has 0 bridgehead atoms. The number of aryl methyl sites for hydroxylation is 1. The van der Waals surface area contributed by atoms with Gasteiger partial charge < -0.3 is 19.3 Å². The molecule has 0 saturated carbocycles. The second kappa shape index (κ2) is 9.99. The quantitative estimate of drug-likeness (QED) is 0.516. The highest BCUT2D eigenvalue weighted by Crippen LogP contribution is 2.37. The molecule has 0 aromatic heterocycles. The van der Waals surface area contributed by atoms with Crippen molar-refractivity contribution < 1.29 is 19.3 Å². The third kappa shape index (κ3) is 5.66. The predicted molar refractivity (Wildman–Crippen MR) is 121 cm³/mol. The van der Waals surface area contributed by atoms with E-state index in [9.17, 15) is 5.11 Å². The molecule has 162 valence electrons. The first kappa shape index (κ1) is 21.4. The molecule has 2 atom stereocenters. The van der Waals surface area contributed by atoms with Gasteiger partial charge in [0.2, 0.25) is 0 Å². The monoisotopic (exact) mass is 418 g/mol. The molecule has 1 saturated heterocycles. The summed E-state index contributed by atoms with van der Waals surface area (Å²) in [5.41, 5.74) is 3.19. The molecule has 4 nitrogen and oxygen atoms in total. The van der Waals surface area contributed by atoms with Crippen LogP contribution in [0.15, 0.2) is 78.9 Å². The van der Waals surface area contributed by atoms with Gasteiger partial charge >= 0.3 is 0 Å². The second-order valence-electron chi connectivity index (χ2n) is 8.10. The zero-order chi connectivity index (χ0) is 21.5. The van der Waals surface area contributed by atoms with Gasteiger partial charge in [0.15, 0.2) is 5.79 Å². The zero-order valence-corrected chi connectivity index (χ0v) is 18.0. The third-order valence-electron chi connectivity index (χ3n) is 5.87. The average Bonchev–Trinajstić information content (AvgIpc) is 2.83. The number of methoxy groups -OCH3 is 1. The number of aliphatic hydroxyl groups is 1. The van der Waals surface area contributed by atoms with Crippen molar-refractivity contribution in [3.8, 4) is 11.5 Å². The van der Waals surface area contributed by atoms with Crippen LogP contribution in [0.4, 0.5) is 0 Å². The van der Waals surface area contributed by atoms with E-state index < -0.39 is 5.79 Å². The first-order valence-electron chi connectivity index (χ1n) is 10.9. The molecule has 3 aromatic carbocycles. The van der Waals surface area contributed by atoms with Crippen LogP contribution >= 0.6 is 0 Å². The largest absolute Gasteiger partial charge is 0.497 e. The molecule has 0 radical (unpaired) electrons. The van der Waals surface area contributed by atoms with Gasteiger partial charge in [-0.1, -0.05) is 42.5 Å². The summed E-state index contributed by atoms with van der Waals surface area (Å²) in [6, 6.07) is 25.9. The Morgan fingerprint density at radius 3 is 2.32 bits per heavy atom. The lowest BCUT2D eigenvalue weighted by molar-refractivity contribution is -0.263. The molecule has 0 aliphatic carbocycles. The van der Waals surface area contributed by atoms with Crippen LogP contribution in [-0.4, -0.2) is 18.3 Å². The molecule has 0 amide bonds. The molecular weight excluding hydrogens is 388 g/mol. The van der Waals surface area contributed by atoms with Crippen LogP contribution in [0.25, 0.3) is 0 Å². The summed E-state index contributed by atoms with van der Waals surface area (Å²) in [5.74, 6) is 0.427. The third-order valence-corrected chi connectivity index (χ3v) is 5.87. The van der Waals surface area contributed by atoms with Crippen LogP contribution in [-0.2, 0) is 23.6 Å². The Morgan fingerprint density at radius 1 is 0.903 bits per heavy atom. The Kier molecular flexibility index (Phi) is 6.90. The molecule has 1 unspecified atom stereocenters. The standard InChI is InChI=1S/C27H30O4/c1-29-24-17-12-23(13-18-24)27(28)19-5-8-26(31-27)16-11-21-9-14-25(15-10-21)30-20-22-6-3-2-4-7-22/h2-4,6-7,9-10,12-15,17-18,26,28H,5,8,11,16,19-20H2,1H3/t26-,27?/m1/s1. The van der Waals surface area contributed by atoms with Gasteiger partial charge in [-0.2, -0.15) is 0 Å². The molecular formula is C27H30O4. The van der Waals surface area contributed by atoms with Gasteiger partial charge in [-0.15, -0.1) is 0 Å². The molecule has 1 aliphatic rings.